The number of sulfone groups is 1. The first kappa shape index (κ1) is 17.4. The second-order valence-corrected chi connectivity index (χ2v) is 9.65. The summed E-state index contributed by atoms with van der Waals surface area (Å²) in [6.07, 6.45) is 2.74. The van der Waals surface area contributed by atoms with Crippen LogP contribution in [0.4, 0.5) is 0 Å². The average Bonchev–Trinajstić information content (AvgIpc) is 3.12. The molecular weight excluding hydrogens is 354 g/mol. The zero-order chi connectivity index (χ0) is 18.6. The largest absolute Gasteiger partial charge is 0.294 e. The highest BCUT2D eigenvalue weighted by molar-refractivity contribution is 7.91. The lowest BCUT2D eigenvalue weighted by Gasteiger charge is -2.12. The third-order valence-corrected chi connectivity index (χ3v) is 6.99. The minimum Gasteiger partial charge on any atom is -0.294 e. The number of hydrogen-bond donors (Lipinski definition) is 0. The van der Waals surface area contributed by atoms with E-state index in [0.29, 0.717) is 30.1 Å². The Bertz CT molecular complexity index is 984. The van der Waals surface area contributed by atoms with Crippen LogP contribution in [0.25, 0.3) is 0 Å². The van der Waals surface area contributed by atoms with E-state index >= 15 is 0 Å². The summed E-state index contributed by atoms with van der Waals surface area (Å²) in [5.74, 6) is 2.22. The lowest BCUT2D eigenvalue weighted by molar-refractivity contribution is 0.101. The highest BCUT2D eigenvalue weighted by atomic mass is 32.2. The van der Waals surface area contributed by atoms with Crippen molar-refractivity contribution in [3.05, 3.63) is 28.6 Å². The molecule has 0 unspecified atom stereocenters. The lowest BCUT2D eigenvalue weighted by Crippen LogP contribution is -2.18. The number of nitrogens with zero attached hydrogens (tertiary/aromatic N) is 5. The topological polar surface area (TPSA) is 99.7 Å². The van der Waals surface area contributed by atoms with Crippen molar-refractivity contribution in [2.75, 3.05) is 11.5 Å². The van der Waals surface area contributed by atoms with Gasteiger partial charge >= 0.3 is 0 Å². The van der Waals surface area contributed by atoms with Gasteiger partial charge in [-0.15, -0.1) is 0 Å². The minimum atomic E-state index is -3.01. The predicted molar refractivity (Wildman–Crippen MR) is 95.1 cm³/mol. The van der Waals surface area contributed by atoms with E-state index in [4.69, 9.17) is 4.98 Å². The second-order valence-electron chi connectivity index (χ2n) is 7.42. The summed E-state index contributed by atoms with van der Waals surface area (Å²) in [5.41, 5.74) is 2.14. The maximum atomic E-state index is 11.9. The summed E-state index contributed by atoms with van der Waals surface area (Å²) in [4.78, 5) is 16.5. The smallest absolute Gasteiger partial charge is 0.163 e. The third-order valence-electron chi connectivity index (χ3n) is 5.24. The maximum absolute atomic E-state index is 11.9. The number of rotatable bonds is 5. The maximum Gasteiger partial charge on any atom is 0.163 e. The lowest BCUT2D eigenvalue weighted by atomic mass is 10.1. The van der Waals surface area contributed by atoms with Crippen molar-refractivity contribution in [3.63, 3.8) is 0 Å². The summed E-state index contributed by atoms with van der Waals surface area (Å²) < 4.78 is 27.4. The summed E-state index contributed by atoms with van der Waals surface area (Å²) >= 11 is 0. The number of carbonyl (C=O) groups excluding carboxylic acids is 1. The van der Waals surface area contributed by atoms with Crippen LogP contribution in [-0.4, -0.2) is 50.3 Å². The first-order chi connectivity index (χ1) is 12.2. The Balaban J connectivity index is 1.70. The highest BCUT2D eigenvalue weighted by Crippen LogP contribution is 2.39. The van der Waals surface area contributed by atoms with Gasteiger partial charge in [-0.3, -0.25) is 9.48 Å². The molecule has 1 aliphatic carbocycles. The monoisotopic (exact) mass is 377 g/mol. The van der Waals surface area contributed by atoms with Crippen LogP contribution >= 0.6 is 0 Å². The summed E-state index contributed by atoms with van der Waals surface area (Å²) in [7, 11) is -3.01. The zero-order valence-electron chi connectivity index (χ0n) is 15.3. The standard InChI is InChI=1S/C17H23N5O3S/c1-10-16(12(3)23)11(2)21(19-10)8-15-18-17(13-4-5-13)20-22(15)14-6-7-26(24,25)9-14/h13-14H,4-9H2,1-3H3/t14-/m0/s1. The van der Waals surface area contributed by atoms with Crippen molar-refractivity contribution in [2.24, 2.45) is 0 Å². The van der Waals surface area contributed by atoms with E-state index in [1.54, 1.807) is 16.3 Å². The normalized spacial score (nSPS) is 22.0. The first-order valence-electron chi connectivity index (χ1n) is 8.96. The van der Waals surface area contributed by atoms with Crippen molar-refractivity contribution in [1.29, 1.82) is 0 Å². The number of ketones is 1. The van der Waals surface area contributed by atoms with E-state index in [1.807, 2.05) is 13.8 Å². The van der Waals surface area contributed by atoms with Crippen molar-refractivity contribution in [3.8, 4) is 0 Å². The van der Waals surface area contributed by atoms with Gasteiger partial charge in [0.05, 0.1) is 28.8 Å². The molecule has 2 aromatic heterocycles. The minimum absolute atomic E-state index is 0.00623. The average molecular weight is 377 g/mol. The molecule has 0 amide bonds. The Morgan fingerprint density at radius 1 is 1.19 bits per heavy atom. The van der Waals surface area contributed by atoms with E-state index in [1.165, 1.54) is 0 Å². The fourth-order valence-electron chi connectivity index (χ4n) is 3.75. The van der Waals surface area contributed by atoms with Gasteiger partial charge in [0.25, 0.3) is 0 Å². The van der Waals surface area contributed by atoms with Gasteiger partial charge in [0.15, 0.2) is 21.4 Å². The molecule has 26 heavy (non-hydrogen) atoms. The molecule has 2 aliphatic rings. The van der Waals surface area contributed by atoms with Gasteiger partial charge in [-0.1, -0.05) is 0 Å². The summed E-state index contributed by atoms with van der Waals surface area (Å²) in [6.45, 7) is 5.62. The Morgan fingerprint density at radius 3 is 2.46 bits per heavy atom. The van der Waals surface area contributed by atoms with Gasteiger partial charge in [0, 0.05) is 11.6 Å². The van der Waals surface area contributed by atoms with E-state index in [0.717, 1.165) is 30.2 Å². The van der Waals surface area contributed by atoms with Crippen molar-refractivity contribution in [2.45, 2.75) is 58.5 Å². The molecule has 2 fully saturated rings. The SMILES string of the molecule is CC(=O)c1c(C)nn(Cc2nc(C3CC3)nn2[C@H]2CCS(=O)(=O)C2)c1C. The van der Waals surface area contributed by atoms with Crippen LogP contribution in [0, 0.1) is 13.8 Å². The fraction of sp³-hybridized carbons (Fsp3) is 0.647. The summed E-state index contributed by atoms with van der Waals surface area (Å²) in [5, 5.41) is 9.13. The van der Waals surface area contributed by atoms with Gasteiger partial charge in [-0.25, -0.2) is 18.1 Å². The van der Waals surface area contributed by atoms with Crippen LogP contribution in [0.1, 0.15) is 71.5 Å². The van der Waals surface area contributed by atoms with Crippen LogP contribution in [0.3, 0.4) is 0 Å². The van der Waals surface area contributed by atoms with Gasteiger partial charge in [-0.2, -0.15) is 10.2 Å². The van der Waals surface area contributed by atoms with Gasteiger partial charge < -0.3 is 0 Å². The molecule has 1 saturated heterocycles. The second kappa shape index (κ2) is 6.00. The zero-order valence-corrected chi connectivity index (χ0v) is 16.1. The van der Waals surface area contributed by atoms with Crippen molar-refractivity contribution >= 4 is 15.6 Å². The van der Waals surface area contributed by atoms with Crippen LogP contribution in [0.15, 0.2) is 0 Å². The van der Waals surface area contributed by atoms with Gasteiger partial charge in [-0.05, 0) is 40.0 Å². The van der Waals surface area contributed by atoms with E-state index in [9.17, 15) is 13.2 Å². The molecular formula is C17H23N5O3S. The Hall–Kier alpha value is -2.03. The molecule has 1 aliphatic heterocycles. The quantitative estimate of drug-likeness (QED) is 0.734. The molecule has 1 saturated carbocycles. The first-order valence-corrected chi connectivity index (χ1v) is 10.8. The number of carbonyl (C=O) groups is 1. The molecule has 0 bridgehead atoms. The Kier molecular flexibility index (Phi) is 4.02. The summed E-state index contributed by atoms with van der Waals surface area (Å²) in [6, 6.07) is -0.167. The molecule has 3 heterocycles. The Morgan fingerprint density at radius 2 is 1.92 bits per heavy atom. The number of Topliss-reactive ketones (excluding diaryl/α,β-unsaturated/α-hetero) is 1. The molecule has 4 rings (SSSR count). The Labute approximate surface area is 152 Å². The number of aryl methyl sites for hydroxylation is 1. The number of hydrogen-bond acceptors (Lipinski definition) is 6. The number of aromatic nitrogens is 5. The fourth-order valence-corrected chi connectivity index (χ4v) is 5.44. The van der Waals surface area contributed by atoms with Crippen LogP contribution in [0.2, 0.25) is 0 Å². The van der Waals surface area contributed by atoms with E-state index in [-0.39, 0.29) is 23.3 Å². The molecule has 140 valence electrons. The molecule has 0 spiro atoms. The third kappa shape index (κ3) is 3.08. The predicted octanol–water partition coefficient (Wildman–Crippen LogP) is 1.58. The molecule has 2 aromatic rings. The molecule has 0 N–H and O–H groups in total. The molecule has 9 heteroatoms. The van der Waals surface area contributed by atoms with Crippen molar-refractivity contribution < 1.29 is 13.2 Å². The highest BCUT2D eigenvalue weighted by Gasteiger charge is 2.35. The molecule has 8 nitrogen and oxygen atoms in total. The van der Waals surface area contributed by atoms with E-state index < -0.39 is 9.84 Å². The van der Waals surface area contributed by atoms with Crippen LogP contribution in [-0.2, 0) is 16.4 Å². The van der Waals surface area contributed by atoms with Crippen molar-refractivity contribution in [1.82, 2.24) is 24.5 Å². The van der Waals surface area contributed by atoms with Crippen LogP contribution in [0.5, 0.6) is 0 Å². The molecule has 0 aromatic carbocycles. The molecule has 1 atom stereocenters. The van der Waals surface area contributed by atoms with Gasteiger partial charge in [0.2, 0.25) is 0 Å². The van der Waals surface area contributed by atoms with Gasteiger partial charge in [0.1, 0.15) is 12.4 Å². The molecule has 0 radical (unpaired) electrons. The van der Waals surface area contributed by atoms with Crippen LogP contribution < -0.4 is 0 Å². The van der Waals surface area contributed by atoms with E-state index in [2.05, 4.69) is 10.2 Å².